The van der Waals surface area contributed by atoms with E-state index < -0.39 is 11.2 Å². The molecule has 0 saturated heterocycles. The molecule has 0 spiro atoms. The Morgan fingerprint density at radius 2 is 2.16 bits per heavy atom. The third kappa shape index (κ3) is 3.19. The van der Waals surface area contributed by atoms with E-state index in [9.17, 15) is 9.59 Å². The maximum Gasteiger partial charge on any atom is 0.330 e. The van der Waals surface area contributed by atoms with Gasteiger partial charge >= 0.3 is 5.69 Å². The van der Waals surface area contributed by atoms with E-state index in [0.29, 0.717) is 12.2 Å². The second-order valence-electron chi connectivity index (χ2n) is 5.40. The number of hydrogen-bond acceptors (Lipinski definition) is 4. The Balaban J connectivity index is 2.25. The molecule has 1 aromatic rings. The van der Waals surface area contributed by atoms with E-state index in [2.05, 4.69) is 10.3 Å². The number of anilines is 2. The van der Waals surface area contributed by atoms with Gasteiger partial charge in [0.25, 0.3) is 5.56 Å². The van der Waals surface area contributed by atoms with Crippen LogP contribution >= 0.6 is 0 Å². The first-order valence-corrected chi connectivity index (χ1v) is 6.92. The smallest absolute Gasteiger partial charge is 0.330 e. The minimum absolute atomic E-state index is 0.184. The molecule has 1 fully saturated rings. The molecule has 0 amide bonds. The van der Waals surface area contributed by atoms with Crippen molar-refractivity contribution in [3.05, 3.63) is 20.8 Å². The predicted molar refractivity (Wildman–Crippen MR) is 76.5 cm³/mol. The van der Waals surface area contributed by atoms with Crippen molar-refractivity contribution in [2.45, 2.75) is 52.1 Å². The molecule has 0 bridgehead atoms. The molecule has 1 heterocycles. The summed E-state index contributed by atoms with van der Waals surface area (Å²) in [6.45, 7) is 4.50. The Morgan fingerprint density at radius 1 is 1.47 bits per heavy atom. The summed E-state index contributed by atoms with van der Waals surface area (Å²) in [5, 5.41) is 3.15. The standard InChI is InChI=1S/C13H22N4O2/c1-3-6-17-11(14)10(12(18)16-13(17)19)15-8(2)7-9-4-5-9/h8-9,15H,3-7,14H2,1-2H3,(H,16,18,19). The molecule has 2 rings (SSSR count). The molecule has 1 aromatic heterocycles. The van der Waals surface area contributed by atoms with Gasteiger partial charge in [0, 0.05) is 12.6 Å². The zero-order valence-corrected chi connectivity index (χ0v) is 11.5. The average molecular weight is 266 g/mol. The molecule has 0 aliphatic heterocycles. The van der Waals surface area contributed by atoms with E-state index in [0.717, 1.165) is 18.8 Å². The van der Waals surface area contributed by atoms with Crippen molar-refractivity contribution in [1.29, 1.82) is 0 Å². The summed E-state index contributed by atoms with van der Waals surface area (Å²) in [5.41, 5.74) is 5.39. The molecule has 0 radical (unpaired) electrons. The molecule has 1 unspecified atom stereocenters. The van der Waals surface area contributed by atoms with Crippen LogP contribution in [-0.4, -0.2) is 15.6 Å². The largest absolute Gasteiger partial charge is 0.383 e. The SMILES string of the molecule is CCCn1c(N)c(NC(C)CC2CC2)c(=O)[nH]c1=O. The molecule has 19 heavy (non-hydrogen) atoms. The molecule has 1 atom stereocenters. The summed E-state index contributed by atoms with van der Waals surface area (Å²) in [6.07, 6.45) is 4.36. The highest BCUT2D eigenvalue weighted by molar-refractivity contribution is 5.60. The maximum absolute atomic E-state index is 11.8. The molecule has 1 aliphatic rings. The van der Waals surface area contributed by atoms with E-state index in [1.807, 2.05) is 13.8 Å². The van der Waals surface area contributed by atoms with Gasteiger partial charge in [0.05, 0.1) is 0 Å². The first kappa shape index (κ1) is 13.7. The lowest BCUT2D eigenvalue weighted by Crippen LogP contribution is -2.35. The van der Waals surface area contributed by atoms with Crippen LogP contribution in [0.2, 0.25) is 0 Å². The number of nitrogen functional groups attached to an aromatic ring is 1. The number of nitrogens with one attached hydrogen (secondary N) is 2. The van der Waals surface area contributed by atoms with Crippen LogP contribution in [0.5, 0.6) is 0 Å². The molecular formula is C13H22N4O2. The van der Waals surface area contributed by atoms with Crippen LogP contribution in [0.15, 0.2) is 9.59 Å². The molecule has 0 aromatic carbocycles. The first-order chi connectivity index (χ1) is 9.02. The van der Waals surface area contributed by atoms with Crippen LogP contribution in [-0.2, 0) is 6.54 Å². The van der Waals surface area contributed by atoms with Crippen LogP contribution in [0.4, 0.5) is 11.5 Å². The Bertz CT molecular complexity index is 557. The van der Waals surface area contributed by atoms with Gasteiger partial charge in [-0.2, -0.15) is 0 Å². The van der Waals surface area contributed by atoms with Gasteiger partial charge in [-0.1, -0.05) is 19.8 Å². The highest BCUT2D eigenvalue weighted by atomic mass is 16.2. The monoisotopic (exact) mass is 266 g/mol. The van der Waals surface area contributed by atoms with Crippen molar-refractivity contribution in [2.24, 2.45) is 5.92 Å². The summed E-state index contributed by atoms with van der Waals surface area (Å²) in [6, 6.07) is 0.184. The number of nitrogens with zero attached hydrogens (tertiary/aromatic N) is 1. The van der Waals surface area contributed by atoms with E-state index in [1.165, 1.54) is 17.4 Å². The van der Waals surface area contributed by atoms with Crippen molar-refractivity contribution in [3.63, 3.8) is 0 Å². The molecular weight excluding hydrogens is 244 g/mol. The van der Waals surface area contributed by atoms with Gasteiger partial charge in [0.15, 0.2) is 0 Å². The van der Waals surface area contributed by atoms with E-state index in [-0.39, 0.29) is 11.9 Å². The van der Waals surface area contributed by atoms with Crippen molar-refractivity contribution in [1.82, 2.24) is 9.55 Å². The first-order valence-electron chi connectivity index (χ1n) is 6.92. The van der Waals surface area contributed by atoms with Gasteiger partial charge in [-0.05, 0) is 25.7 Å². The topological polar surface area (TPSA) is 92.9 Å². The Kier molecular flexibility index (Phi) is 3.97. The van der Waals surface area contributed by atoms with Gasteiger partial charge < -0.3 is 11.1 Å². The maximum atomic E-state index is 11.8. The third-order valence-electron chi connectivity index (χ3n) is 3.46. The fourth-order valence-electron chi connectivity index (χ4n) is 2.33. The molecule has 1 aliphatic carbocycles. The lowest BCUT2D eigenvalue weighted by Gasteiger charge is -2.17. The molecule has 1 saturated carbocycles. The summed E-state index contributed by atoms with van der Waals surface area (Å²) in [7, 11) is 0. The number of rotatable bonds is 6. The number of aromatic nitrogens is 2. The zero-order chi connectivity index (χ0) is 14.0. The average Bonchev–Trinajstić information content (AvgIpc) is 3.14. The summed E-state index contributed by atoms with van der Waals surface area (Å²) < 4.78 is 1.41. The minimum atomic E-state index is -0.440. The van der Waals surface area contributed by atoms with Crippen LogP contribution in [0, 0.1) is 5.92 Å². The van der Waals surface area contributed by atoms with Crippen LogP contribution < -0.4 is 22.3 Å². The van der Waals surface area contributed by atoms with Crippen molar-refractivity contribution < 1.29 is 0 Å². The minimum Gasteiger partial charge on any atom is -0.383 e. The highest BCUT2D eigenvalue weighted by Gasteiger charge is 2.24. The highest BCUT2D eigenvalue weighted by Crippen LogP contribution is 2.34. The van der Waals surface area contributed by atoms with Gasteiger partial charge in [-0.25, -0.2) is 4.79 Å². The lowest BCUT2D eigenvalue weighted by atomic mass is 10.1. The fourth-order valence-corrected chi connectivity index (χ4v) is 2.33. The number of H-pyrrole nitrogens is 1. The lowest BCUT2D eigenvalue weighted by molar-refractivity contribution is 0.626. The van der Waals surface area contributed by atoms with Gasteiger partial charge in [0.2, 0.25) is 0 Å². The Labute approximate surface area is 112 Å². The van der Waals surface area contributed by atoms with Crippen molar-refractivity contribution >= 4 is 11.5 Å². The van der Waals surface area contributed by atoms with Gasteiger partial charge in [-0.3, -0.25) is 14.3 Å². The third-order valence-corrected chi connectivity index (χ3v) is 3.46. The van der Waals surface area contributed by atoms with Gasteiger partial charge in [-0.15, -0.1) is 0 Å². The summed E-state index contributed by atoms with van der Waals surface area (Å²) in [4.78, 5) is 25.8. The molecule has 106 valence electrons. The molecule has 6 heteroatoms. The Hall–Kier alpha value is -1.72. The van der Waals surface area contributed by atoms with Crippen LogP contribution in [0.25, 0.3) is 0 Å². The number of aromatic amines is 1. The van der Waals surface area contributed by atoms with E-state index in [4.69, 9.17) is 5.73 Å². The number of nitrogens with two attached hydrogens (primary N) is 1. The van der Waals surface area contributed by atoms with Gasteiger partial charge in [0.1, 0.15) is 11.5 Å². The van der Waals surface area contributed by atoms with Crippen LogP contribution in [0.1, 0.15) is 39.5 Å². The van der Waals surface area contributed by atoms with E-state index in [1.54, 1.807) is 0 Å². The second kappa shape index (κ2) is 5.50. The molecule has 6 nitrogen and oxygen atoms in total. The van der Waals surface area contributed by atoms with Crippen molar-refractivity contribution in [2.75, 3.05) is 11.1 Å². The Morgan fingerprint density at radius 3 is 2.74 bits per heavy atom. The quantitative estimate of drug-likeness (QED) is 0.719. The van der Waals surface area contributed by atoms with Crippen LogP contribution in [0.3, 0.4) is 0 Å². The number of hydrogen-bond donors (Lipinski definition) is 3. The normalized spacial score (nSPS) is 16.3. The summed E-state index contributed by atoms with van der Waals surface area (Å²) in [5.74, 6) is 1.00. The second-order valence-corrected chi connectivity index (χ2v) is 5.40. The van der Waals surface area contributed by atoms with E-state index >= 15 is 0 Å². The van der Waals surface area contributed by atoms with Crippen molar-refractivity contribution in [3.8, 4) is 0 Å². The predicted octanol–water partition coefficient (Wildman–Crippen LogP) is 1.13. The fraction of sp³-hybridized carbons (Fsp3) is 0.692. The summed E-state index contributed by atoms with van der Waals surface area (Å²) >= 11 is 0. The zero-order valence-electron chi connectivity index (χ0n) is 11.5. The molecule has 4 N–H and O–H groups in total.